The van der Waals surface area contributed by atoms with E-state index in [0.29, 0.717) is 13.2 Å². The first-order valence-corrected chi connectivity index (χ1v) is 6.57. The molecule has 106 valence electrons. The molecule has 0 aliphatic rings. The standard InChI is InChI=1S/C15H23NO3/c1-10(2)14(15(17)18)16-5-6-19-13-8-11(3)7-12(4)9-13/h7-10,14,16H,5-6H2,1-4H3,(H,17,18). The maximum absolute atomic E-state index is 11.0. The summed E-state index contributed by atoms with van der Waals surface area (Å²) in [6.45, 7) is 8.79. The van der Waals surface area contributed by atoms with Gasteiger partial charge in [-0.1, -0.05) is 19.9 Å². The smallest absolute Gasteiger partial charge is 0.320 e. The van der Waals surface area contributed by atoms with Gasteiger partial charge in [0.15, 0.2) is 0 Å². The quantitative estimate of drug-likeness (QED) is 0.743. The van der Waals surface area contributed by atoms with Gasteiger partial charge in [-0.15, -0.1) is 0 Å². The predicted molar refractivity (Wildman–Crippen MR) is 75.7 cm³/mol. The fraction of sp³-hybridized carbons (Fsp3) is 0.533. The number of ether oxygens (including phenoxy) is 1. The second kappa shape index (κ2) is 7.14. The number of hydrogen-bond donors (Lipinski definition) is 2. The summed E-state index contributed by atoms with van der Waals surface area (Å²) in [5.41, 5.74) is 2.32. The van der Waals surface area contributed by atoms with Crippen LogP contribution >= 0.6 is 0 Å². The van der Waals surface area contributed by atoms with Gasteiger partial charge in [-0.25, -0.2) is 0 Å². The number of benzene rings is 1. The molecule has 1 rings (SSSR count). The highest BCUT2D eigenvalue weighted by molar-refractivity contribution is 5.73. The number of rotatable bonds is 7. The molecule has 0 aromatic heterocycles. The minimum absolute atomic E-state index is 0.0544. The van der Waals surface area contributed by atoms with Crippen molar-refractivity contribution in [3.05, 3.63) is 29.3 Å². The van der Waals surface area contributed by atoms with E-state index in [1.165, 1.54) is 0 Å². The Morgan fingerprint density at radius 2 is 1.84 bits per heavy atom. The number of aliphatic carboxylic acids is 1. The zero-order valence-electron chi connectivity index (χ0n) is 12.1. The molecule has 0 saturated carbocycles. The molecular weight excluding hydrogens is 242 g/mol. The lowest BCUT2D eigenvalue weighted by Crippen LogP contribution is -2.42. The minimum Gasteiger partial charge on any atom is -0.492 e. The summed E-state index contributed by atoms with van der Waals surface area (Å²) in [5.74, 6) is 0.0656. The zero-order chi connectivity index (χ0) is 14.4. The lowest BCUT2D eigenvalue weighted by molar-refractivity contribution is -0.140. The first-order chi connectivity index (χ1) is 8.90. The summed E-state index contributed by atoms with van der Waals surface area (Å²) in [7, 11) is 0. The van der Waals surface area contributed by atoms with E-state index < -0.39 is 12.0 Å². The van der Waals surface area contributed by atoms with E-state index in [1.54, 1.807) is 0 Å². The Hall–Kier alpha value is -1.55. The van der Waals surface area contributed by atoms with Crippen molar-refractivity contribution in [1.29, 1.82) is 0 Å². The first kappa shape index (κ1) is 15.5. The van der Waals surface area contributed by atoms with Crippen LogP contribution in [-0.4, -0.2) is 30.3 Å². The van der Waals surface area contributed by atoms with Gasteiger partial charge in [0.05, 0.1) is 0 Å². The first-order valence-electron chi connectivity index (χ1n) is 6.57. The van der Waals surface area contributed by atoms with E-state index in [2.05, 4.69) is 11.4 Å². The highest BCUT2D eigenvalue weighted by Crippen LogP contribution is 2.15. The summed E-state index contributed by atoms with van der Waals surface area (Å²) >= 11 is 0. The highest BCUT2D eigenvalue weighted by Gasteiger charge is 2.19. The molecule has 0 spiro atoms. The maximum Gasteiger partial charge on any atom is 0.320 e. The van der Waals surface area contributed by atoms with E-state index >= 15 is 0 Å². The van der Waals surface area contributed by atoms with E-state index in [4.69, 9.17) is 9.84 Å². The Bertz CT molecular complexity index is 409. The van der Waals surface area contributed by atoms with Gasteiger partial charge in [0, 0.05) is 6.54 Å². The summed E-state index contributed by atoms with van der Waals surface area (Å²) in [5, 5.41) is 12.0. The van der Waals surface area contributed by atoms with Crippen LogP contribution in [-0.2, 0) is 4.79 Å². The number of carbonyl (C=O) groups is 1. The third-order valence-electron chi connectivity index (χ3n) is 2.86. The SMILES string of the molecule is Cc1cc(C)cc(OCCNC(C(=O)O)C(C)C)c1. The van der Waals surface area contributed by atoms with Gasteiger partial charge >= 0.3 is 5.97 Å². The van der Waals surface area contributed by atoms with Crippen LogP contribution in [0.3, 0.4) is 0 Å². The van der Waals surface area contributed by atoms with Crippen molar-refractivity contribution in [2.45, 2.75) is 33.7 Å². The maximum atomic E-state index is 11.0. The molecule has 0 heterocycles. The van der Waals surface area contributed by atoms with Crippen molar-refractivity contribution in [2.24, 2.45) is 5.92 Å². The van der Waals surface area contributed by atoms with Gasteiger partial charge < -0.3 is 15.2 Å². The predicted octanol–water partition coefficient (Wildman–Crippen LogP) is 2.38. The topological polar surface area (TPSA) is 58.6 Å². The lowest BCUT2D eigenvalue weighted by Gasteiger charge is -2.18. The van der Waals surface area contributed by atoms with Gasteiger partial charge in [-0.2, -0.15) is 0 Å². The fourth-order valence-electron chi connectivity index (χ4n) is 2.01. The van der Waals surface area contributed by atoms with Crippen molar-refractivity contribution in [3.8, 4) is 5.75 Å². The highest BCUT2D eigenvalue weighted by atomic mass is 16.5. The molecule has 0 aliphatic carbocycles. The second-order valence-electron chi connectivity index (χ2n) is 5.19. The minimum atomic E-state index is -0.818. The Morgan fingerprint density at radius 3 is 2.32 bits per heavy atom. The number of carboxylic acid groups (broad SMARTS) is 1. The molecule has 1 unspecified atom stereocenters. The van der Waals surface area contributed by atoms with Gasteiger partial charge in [0.2, 0.25) is 0 Å². The van der Waals surface area contributed by atoms with Crippen LogP contribution in [0.5, 0.6) is 5.75 Å². The normalized spacial score (nSPS) is 12.5. The molecule has 1 aromatic carbocycles. The molecular formula is C15H23NO3. The van der Waals surface area contributed by atoms with Crippen molar-refractivity contribution in [3.63, 3.8) is 0 Å². The molecule has 0 bridgehead atoms. The Labute approximate surface area is 114 Å². The van der Waals surface area contributed by atoms with Crippen LogP contribution in [0.4, 0.5) is 0 Å². The molecule has 4 nitrogen and oxygen atoms in total. The van der Waals surface area contributed by atoms with Crippen molar-refractivity contribution in [2.75, 3.05) is 13.2 Å². The number of aryl methyl sites for hydroxylation is 2. The summed E-state index contributed by atoms with van der Waals surface area (Å²) in [6, 6.07) is 5.52. The summed E-state index contributed by atoms with van der Waals surface area (Å²) in [6.07, 6.45) is 0. The zero-order valence-corrected chi connectivity index (χ0v) is 12.1. The number of nitrogens with one attached hydrogen (secondary N) is 1. The third kappa shape index (κ3) is 5.30. The van der Waals surface area contributed by atoms with Crippen LogP contribution < -0.4 is 10.1 Å². The molecule has 0 aliphatic heterocycles. The molecule has 2 N–H and O–H groups in total. The molecule has 1 aromatic rings. The van der Waals surface area contributed by atoms with Crippen molar-refractivity contribution >= 4 is 5.97 Å². The van der Waals surface area contributed by atoms with Gasteiger partial charge in [-0.05, 0) is 43.0 Å². The Balaban J connectivity index is 2.40. The largest absolute Gasteiger partial charge is 0.492 e. The van der Waals surface area contributed by atoms with Crippen LogP contribution in [0.15, 0.2) is 18.2 Å². The molecule has 0 radical (unpaired) electrons. The van der Waals surface area contributed by atoms with E-state index in [9.17, 15) is 4.79 Å². The number of hydrogen-bond acceptors (Lipinski definition) is 3. The average Bonchev–Trinajstić information content (AvgIpc) is 2.26. The van der Waals surface area contributed by atoms with Gasteiger partial charge in [-0.3, -0.25) is 4.79 Å². The van der Waals surface area contributed by atoms with Crippen molar-refractivity contribution in [1.82, 2.24) is 5.32 Å². The molecule has 0 fully saturated rings. The van der Waals surface area contributed by atoms with Crippen molar-refractivity contribution < 1.29 is 14.6 Å². The van der Waals surface area contributed by atoms with Gasteiger partial charge in [0.25, 0.3) is 0 Å². The summed E-state index contributed by atoms with van der Waals surface area (Å²) in [4.78, 5) is 11.0. The van der Waals surface area contributed by atoms with Gasteiger partial charge in [0.1, 0.15) is 18.4 Å². The molecule has 0 amide bonds. The Morgan fingerprint density at radius 1 is 1.26 bits per heavy atom. The van der Waals surface area contributed by atoms with E-state index in [0.717, 1.165) is 16.9 Å². The monoisotopic (exact) mass is 265 g/mol. The second-order valence-corrected chi connectivity index (χ2v) is 5.19. The van der Waals surface area contributed by atoms with E-state index in [1.807, 2.05) is 39.8 Å². The molecule has 19 heavy (non-hydrogen) atoms. The molecule has 4 heteroatoms. The Kier molecular flexibility index (Phi) is 5.83. The summed E-state index contributed by atoms with van der Waals surface area (Å²) < 4.78 is 5.62. The third-order valence-corrected chi connectivity index (χ3v) is 2.86. The van der Waals surface area contributed by atoms with Crippen LogP contribution in [0, 0.1) is 19.8 Å². The van der Waals surface area contributed by atoms with Crippen LogP contribution in [0.25, 0.3) is 0 Å². The number of carboxylic acids is 1. The molecule has 0 saturated heterocycles. The van der Waals surface area contributed by atoms with Crippen LogP contribution in [0.2, 0.25) is 0 Å². The average molecular weight is 265 g/mol. The fourth-order valence-corrected chi connectivity index (χ4v) is 2.01. The van der Waals surface area contributed by atoms with Crippen LogP contribution in [0.1, 0.15) is 25.0 Å². The van der Waals surface area contributed by atoms with E-state index in [-0.39, 0.29) is 5.92 Å². The molecule has 1 atom stereocenters. The lowest BCUT2D eigenvalue weighted by atomic mass is 10.1.